The van der Waals surface area contributed by atoms with Crippen molar-refractivity contribution in [2.45, 2.75) is 12.0 Å². The van der Waals surface area contributed by atoms with Gasteiger partial charge in [-0.05, 0) is 34.9 Å². The first-order valence-corrected chi connectivity index (χ1v) is 12.7. The predicted molar refractivity (Wildman–Crippen MR) is 148 cm³/mol. The number of nitrogens with zero attached hydrogens (tertiary/aromatic N) is 4. The first-order valence-electron chi connectivity index (χ1n) is 12.0. The van der Waals surface area contributed by atoms with E-state index in [2.05, 4.69) is 9.97 Å². The van der Waals surface area contributed by atoms with Crippen LogP contribution >= 0.6 is 23.2 Å². The van der Waals surface area contributed by atoms with Crippen molar-refractivity contribution in [2.24, 2.45) is 5.10 Å². The average Bonchev–Trinajstić information content (AvgIpc) is 3.42. The minimum atomic E-state index is -1.28. The molecule has 0 radical (unpaired) electrons. The summed E-state index contributed by atoms with van der Waals surface area (Å²) in [7, 11) is 1.23. The van der Waals surface area contributed by atoms with Crippen LogP contribution in [-0.2, 0) is 14.3 Å². The van der Waals surface area contributed by atoms with E-state index in [0.717, 1.165) is 16.8 Å². The highest BCUT2D eigenvalue weighted by Crippen LogP contribution is 2.34. The zero-order valence-corrected chi connectivity index (χ0v) is 22.2. The Morgan fingerprint density at radius 1 is 0.949 bits per heavy atom. The average molecular weight is 561 g/mol. The molecule has 1 aliphatic heterocycles. The third kappa shape index (κ3) is 5.77. The van der Waals surface area contributed by atoms with Crippen LogP contribution in [0.25, 0.3) is 0 Å². The largest absolute Gasteiger partial charge is 0.466 e. The maximum absolute atomic E-state index is 13.4. The van der Waals surface area contributed by atoms with E-state index < -0.39 is 18.0 Å². The summed E-state index contributed by atoms with van der Waals surface area (Å²) in [4.78, 5) is 34.3. The summed E-state index contributed by atoms with van der Waals surface area (Å²) in [5, 5.41) is 6.99. The summed E-state index contributed by atoms with van der Waals surface area (Å²) in [5.74, 6) is -1.54. The van der Waals surface area contributed by atoms with Gasteiger partial charge in [-0.25, -0.2) is 19.6 Å². The Bertz CT molecular complexity index is 1520. The highest BCUT2D eigenvalue weighted by Gasteiger charge is 2.34. The fourth-order valence-corrected chi connectivity index (χ4v) is 4.57. The zero-order valence-electron chi connectivity index (χ0n) is 20.7. The van der Waals surface area contributed by atoms with Crippen molar-refractivity contribution >= 4 is 46.7 Å². The summed E-state index contributed by atoms with van der Waals surface area (Å²) in [6, 6.07) is 25.9. The standard InChI is InChI=1S/C29H22Cl2N4O4/c1-38-28(37)25(20-10-6-3-7-11-20)39-27(36)22-16-32-29(31)33-26(22)35-17-23(18-8-4-2-5-9-18)24(34-35)19-12-14-21(30)15-13-19/h2-16,23,25H,17H2,1H3/t23?,25-/m0/s1. The SMILES string of the molecule is COC(=O)[C@@H](OC(=O)c1cnc(Cl)nc1N1CC(c2ccccc2)C(c2ccc(Cl)cc2)=N1)c1ccccc1. The monoisotopic (exact) mass is 560 g/mol. The molecule has 0 amide bonds. The van der Waals surface area contributed by atoms with E-state index in [-0.39, 0.29) is 22.6 Å². The van der Waals surface area contributed by atoms with Crippen LogP contribution in [0, 0.1) is 0 Å². The van der Waals surface area contributed by atoms with Gasteiger partial charge in [0, 0.05) is 22.7 Å². The first-order chi connectivity index (χ1) is 18.9. The lowest BCUT2D eigenvalue weighted by atomic mass is 9.91. The highest BCUT2D eigenvalue weighted by atomic mass is 35.5. The molecule has 196 valence electrons. The lowest BCUT2D eigenvalue weighted by molar-refractivity contribution is -0.151. The second-order valence-corrected chi connectivity index (χ2v) is 9.41. The first kappa shape index (κ1) is 26.3. The third-order valence-electron chi connectivity index (χ3n) is 6.20. The van der Waals surface area contributed by atoms with Crippen molar-refractivity contribution in [1.82, 2.24) is 9.97 Å². The van der Waals surface area contributed by atoms with Gasteiger partial charge >= 0.3 is 11.9 Å². The van der Waals surface area contributed by atoms with Gasteiger partial charge in [-0.3, -0.25) is 0 Å². The molecule has 39 heavy (non-hydrogen) atoms. The van der Waals surface area contributed by atoms with Crippen molar-refractivity contribution in [1.29, 1.82) is 0 Å². The molecule has 0 bridgehead atoms. The van der Waals surface area contributed by atoms with Gasteiger partial charge < -0.3 is 9.47 Å². The van der Waals surface area contributed by atoms with Crippen LogP contribution in [0.5, 0.6) is 0 Å². The molecule has 2 heterocycles. The highest BCUT2D eigenvalue weighted by molar-refractivity contribution is 6.30. The number of ether oxygens (including phenoxy) is 2. The lowest BCUT2D eigenvalue weighted by Gasteiger charge is -2.20. The van der Waals surface area contributed by atoms with E-state index in [1.807, 2.05) is 42.5 Å². The topological polar surface area (TPSA) is 94.0 Å². The minimum absolute atomic E-state index is 0.00264. The van der Waals surface area contributed by atoms with E-state index in [1.54, 1.807) is 47.5 Å². The van der Waals surface area contributed by atoms with Gasteiger partial charge in [0.15, 0.2) is 5.82 Å². The van der Waals surface area contributed by atoms with Gasteiger partial charge in [0.05, 0.1) is 19.4 Å². The molecule has 0 saturated heterocycles. The molecule has 0 N–H and O–H groups in total. The smallest absolute Gasteiger partial charge is 0.351 e. The molecule has 0 saturated carbocycles. The fourth-order valence-electron chi connectivity index (χ4n) is 4.31. The Kier molecular flexibility index (Phi) is 7.86. The summed E-state index contributed by atoms with van der Waals surface area (Å²) >= 11 is 12.3. The van der Waals surface area contributed by atoms with E-state index in [9.17, 15) is 9.59 Å². The van der Waals surface area contributed by atoms with Gasteiger partial charge in [0.2, 0.25) is 11.4 Å². The maximum atomic E-state index is 13.4. The molecule has 2 atom stereocenters. The number of halogens is 2. The van der Waals surface area contributed by atoms with E-state index in [0.29, 0.717) is 17.1 Å². The van der Waals surface area contributed by atoms with Gasteiger partial charge in [0.1, 0.15) is 5.56 Å². The molecule has 3 aromatic carbocycles. The quantitative estimate of drug-likeness (QED) is 0.206. The molecule has 1 aromatic heterocycles. The molecule has 4 aromatic rings. The summed E-state index contributed by atoms with van der Waals surface area (Å²) in [5.41, 5.74) is 3.13. The van der Waals surface area contributed by atoms with Crippen molar-refractivity contribution in [2.75, 3.05) is 18.7 Å². The molecular formula is C29H22Cl2N4O4. The molecule has 5 rings (SSSR count). The fraction of sp³-hybridized carbons (Fsp3) is 0.138. The summed E-state index contributed by atoms with van der Waals surface area (Å²) in [6.07, 6.45) is -0.0179. The predicted octanol–water partition coefficient (Wildman–Crippen LogP) is 5.86. The number of hydrogen-bond acceptors (Lipinski definition) is 8. The molecule has 1 unspecified atom stereocenters. The Morgan fingerprint density at radius 3 is 2.28 bits per heavy atom. The van der Waals surface area contributed by atoms with Crippen molar-refractivity contribution < 1.29 is 19.1 Å². The molecule has 0 aliphatic carbocycles. The van der Waals surface area contributed by atoms with Crippen molar-refractivity contribution in [3.63, 3.8) is 0 Å². The number of benzene rings is 3. The molecule has 0 spiro atoms. The molecule has 8 nitrogen and oxygen atoms in total. The number of rotatable bonds is 7. The van der Waals surface area contributed by atoms with Gasteiger partial charge in [-0.1, -0.05) is 84.4 Å². The number of anilines is 1. The number of hydrazone groups is 1. The number of hydrogen-bond donors (Lipinski definition) is 0. The van der Waals surface area contributed by atoms with Crippen molar-refractivity contribution in [3.05, 3.63) is 124 Å². The second-order valence-electron chi connectivity index (χ2n) is 8.63. The Hall–Kier alpha value is -4.27. The van der Waals surface area contributed by atoms with Crippen LogP contribution in [0.15, 0.2) is 96.2 Å². The van der Waals surface area contributed by atoms with Crippen LogP contribution in [0.1, 0.15) is 39.1 Å². The summed E-state index contributed by atoms with van der Waals surface area (Å²) < 4.78 is 10.5. The number of esters is 2. The Labute approximate surface area is 234 Å². The van der Waals surface area contributed by atoms with Crippen molar-refractivity contribution in [3.8, 4) is 0 Å². The third-order valence-corrected chi connectivity index (χ3v) is 6.64. The van der Waals surface area contributed by atoms with Gasteiger partial charge in [-0.2, -0.15) is 10.1 Å². The number of carbonyl (C=O) groups excluding carboxylic acids is 2. The van der Waals surface area contributed by atoms with Crippen LogP contribution in [-0.4, -0.2) is 41.3 Å². The van der Waals surface area contributed by atoms with Crippen LogP contribution < -0.4 is 5.01 Å². The molecule has 1 aliphatic rings. The lowest BCUT2D eigenvalue weighted by Crippen LogP contribution is -2.25. The van der Waals surface area contributed by atoms with E-state index in [1.165, 1.54) is 13.3 Å². The normalized spacial score (nSPS) is 15.4. The van der Waals surface area contributed by atoms with Crippen LogP contribution in [0.2, 0.25) is 10.3 Å². The Balaban J connectivity index is 1.52. The Morgan fingerprint density at radius 2 is 1.62 bits per heavy atom. The molecule has 0 fully saturated rings. The zero-order chi connectivity index (χ0) is 27.4. The number of aromatic nitrogens is 2. The van der Waals surface area contributed by atoms with Crippen LogP contribution in [0.4, 0.5) is 5.82 Å². The van der Waals surface area contributed by atoms with Crippen LogP contribution in [0.3, 0.4) is 0 Å². The van der Waals surface area contributed by atoms with Gasteiger partial charge in [0.25, 0.3) is 0 Å². The summed E-state index contributed by atoms with van der Waals surface area (Å²) in [6.45, 7) is 0.370. The number of methoxy groups -OCH3 is 1. The number of carbonyl (C=O) groups is 2. The van der Waals surface area contributed by atoms with E-state index >= 15 is 0 Å². The minimum Gasteiger partial charge on any atom is -0.466 e. The molecule has 10 heteroatoms. The van der Waals surface area contributed by atoms with Gasteiger partial charge in [-0.15, -0.1) is 0 Å². The maximum Gasteiger partial charge on any atom is 0.351 e. The second kappa shape index (κ2) is 11.6. The molecular weight excluding hydrogens is 539 g/mol. The van der Waals surface area contributed by atoms with E-state index in [4.69, 9.17) is 37.8 Å².